The molecule has 4 heterocycles. The number of H-pyrrole nitrogens is 1. The molecular formula is C26H27F3N6O5. The van der Waals surface area contributed by atoms with Gasteiger partial charge in [-0.3, -0.25) is 4.79 Å². The summed E-state index contributed by atoms with van der Waals surface area (Å²) in [6.07, 6.45) is -4.10. The van der Waals surface area contributed by atoms with E-state index in [1.54, 1.807) is 16.3 Å². The molecule has 1 aliphatic heterocycles. The maximum atomic E-state index is 12.9. The van der Waals surface area contributed by atoms with E-state index in [2.05, 4.69) is 25.0 Å². The monoisotopic (exact) mass is 560 g/mol. The highest BCUT2D eigenvalue weighted by Gasteiger charge is 2.33. The fourth-order valence-corrected chi connectivity index (χ4v) is 4.71. The lowest BCUT2D eigenvalue weighted by Crippen LogP contribution is -2.41. The number of alkyl halides is 3. The van der Waals surface area contributed by atoms with E-state index in [0.29, 0.717) is 48.5 Å². The summed E-state index contributed by atoms with van der Waals surface area (Å²) in [5.41, 5.74) is 0.780. The van der Waals surface area contributed by atoms with Crippen LogP contribution in [-0.2, 0) is 4.74 Å². The standard InChI is InChI=1S/C26H27F3N6O5/c1-14-20(23-31-21(33-40-23)16-7-5-6-8-18(16)38-26(27,28)29)22-30-19(36)13-17(35(22)32-14)15-9-11-34(12-10-15)24(37)39-25(2,3)4/h5-8,13,15H,9-12H2,1-4H3,(H,30,36). The number of rotatable bonds is 4. The predicted octanol–water partition coefficient (Wildman–Crippen LogP) is 5.06. The summed E-state index contributed by atoms with van der Waals surface area (Å²) in [5, 5.41) is 8.45. The number of para-hydroxylation sites is 1. The summed E-state index contributed by atoms with van der Waals surface area (Å²) < 4.78 is 55.3. The maximum absolute atomic E-state index is 12.9. The van der Waals surface area contributed by atoms with Gasteiger partial charge >= 0.3 is 12.5 Å². The molecule has 1 amide bonds. The molecule has 0 aliphatic carbocycles. The smallest absolute Gasteiger partial charge is 0.444 e. The lowest BCUT2D eigenvalue weighted by atomic mass is 9.93. The van der Waals surface area contributed by atoms with Crippen molar-refractivity contribution in [3.8, 4) is 28.6 Å². The summed E-state index contributed by atoms with van der Waals surface area (Å²) in [6, 6.07) is 6.92. The van der Waals surface area contributed by atoms with Gasteiger partial charge in [0.25, 0.3) is 11.4 Å². The molecule has 0 bridgehead atoms. The van der Waals surface area contributed by atoms with Gasteiger partial charge in [-0.25, -0.2) is 9.31 Å². The van der Waals surface area contributed by atoms with Gasteiger partial charge in [0, 0.05) is 25.1 Å². The first kappa shape index (κ1) is 27.2. The Kier molecular flexibility index (Phi) is 6.80. The fourth-order valence-electron chi connectivity index (χ4n) is 4.71. The Morgan fingerprint density at radius 3 is 2.52 bits per heavy atom. The van der Waals surface area contributed by atoms with Crippen LogP contribution in [0, 0.1) is 6.92 Å². The highest BCUT2D eigenvalue weighted by molar-refractivity contribution is 5.76. The van der Waals surface area contributed by atoms with Crippen LogP contribution in [0.25, 0.3) is 28.5 Å². The molecule has 1 aliphatic rings. The number of aryl methyl sites for hydroxylation is 1. The Morgan fingerprint density at radius 1 is 1.15 bits per heavy atom. The number of hydrogen-bond donors (Lipinski definition) is 1. The number of carbonyl (C=O) groups is 1. The molecule has 0 saturated carbocycles. The average Bonchev–Trinajstić information content (AvgIpc) is 3.45. The van der Waals surface area contributed by atoms with Gasteiger partial charge in [0.1, 0.15) is 22.6 Å². The molecule has 4 aromatic rings. The van der Waals surface area contributed by atoms with E-state index in [1.807, 2.05) is 20.8 Å². The van der Waals surface area contributed by atoms with E-state index in [-0.39, 0.29) is 34.8 Å². The van der Waals surface area contributed by atoms with Gasteiger partial charge in [-0.15, -0.1) is 13.2 Å². The number of aromatic amines is 1. The van der Waals surface area contributed by atoms with Crippen molar-refractivity contribution in [2.75, 3.05) is 13.1 Å². The van der Waals surface area contributed by atoms with Gasteiger partial charge in [-0.1, -0.05) is 17.3 Å². The Labute approximate surface area is 225 Å². The van der Waals surface area contributed by atoms with Crippen LogP contribution >= 0.6 is 0 Å². The molecule has 3 aromatic heterocycles. The van der Waals surface area contributed by atoms with E-state index in [4.69, 9.17) is 9.26 Å². The Bertz CT molecular complexity index is 1610. The molecule has 40 heavy (non-hydrogen) atoms. The summed E-state index contributed by atoms with van der Waals surface area (Å²) in [6.45, 7) is 8.03. The molecule has 0 radical (unpaired) electrons. The predicted molar refractivity (Wildman–Crippen MR) is 136 cm³/mol. The number of piperidine rings is 1. The number of aromatic nitrogens is 5. The molecule has 11 nitrogen and oxygen atoms in total. The first-order valence-electron chi connectivity index (χ1n) is 12.6. The third-order valence-corrected chi connectivity index (χ3v) is 6.38. The zero-order valence-electron chi connectivity index (χ0n) is 22.2. The van der Waals surface area contributed by atoms with Crippen molar-refractivity contribution < 1.29 is 32.0 Å². The highest BCUT2D eigenvalue weighted by Crippen LogP contribution is 2.35. The molecule has 5 rings (SSSR count). The van der Waals surface area contributed by atoms with E-state index in [1.165, 1.54) is 24.3 Å². The van der Waals surface area contributed by atoms with Crippen LogP contribution < -0.4 is 10.3 Å². The third kappa shape index (κ3) is 5.65. The molecule has 0 unspecified atom stereocenters. The van der Waals surface area contributed by atoms with Crippen molar-refractivity contribution in [2.24, 2.45) is 0 Å². The molecule has 1 aromatic carbocycles. The SMILES string of the molecule is Cc1nn2c(C3CCN(C(=O)OC(C)(C)C)CC3)cc(=O)[nH]c2c1-c1nc(-c2ccccc2OC(F)(F)F)no1. The number of nitrogens with one attached hydrogen (secondary N) is 1. The van der Waals surface area contributed by atoms with Gasteiger partial charge in [-0.2, -0.15) is 10.1 Å². The Balaban J connectivity index is 1.45. The molecule has 1 N–H and O–H groups in total. The Hall–Kier alpha value is -4.36. The minimum Gasteiger partial charge on any atom is -0.444 e. The topological polar surface area (TPSA) is 128 Å². The van der Waals surface area contributed by atoms with Crippen LogP contribution in [0.15, 0.2) is 39.6 Å². The highest BCUT2D eigenvalue weighted by atomic mass is 19.4. The van der Waals surface area contributed by atoms with Gasteiger partial charge in [-0.05, 0) is 52.7 Å². The summed E-state index contributed by atoms with van der Waals surface area (Å²) in [7, 11) is 0. The van der Waals surface area contributed by atoms with Crippen LogP contribution in [0.2, 0.25) is 0 Å². The zero-order chi connectivity index (χ0) is 28.8. The normalized spacial score (nSPS) is 15.0. The van der Waals surface area contributed by atoms with Crippen molar-refractivity contribution in [3.05, 3.63) is 52.1 Å². The second-order valence-corrected chi connectivity index (χ2v) is 10.5. The van der Waals surface area contributed by atoms with Crippen molar-refractivity contribution >= 4 is 11.7 Å². The molecule has 1 fully saturated rings. The second-order valence-electron chi connectivity index (χ2n) is 10.5. The lowest BCUT2D eigenvalue weighted by molar-refractivity contribution is -0.274. The minimum atomic E-state index is -4.90. The third-order valence-electron chi connectivity index (χ3n) is 6.38. The van der Waals surface area contributed by atoms with Gasteiger partial charge in [0.15, 0.2) is 0 Å². The van der Waals surface area contributed by atoms with E-state index in [9.17, 15) is 22.8 Å². The lowest BCUT2D eigenvalue weighted by Gasteiger charge is -2.33. The molecule has 1 saturated heterocycles. The summed E-state index contributed by atoms with van der Waals surface area (Å²) >= 11 is 0. The number of amides is 1. The first-order chi connectivity index (χ1) is 18.8. The van der Waals surface area contributed by atoms with Crippen LogP contribution in [-0.4, -0.2) is 60.8 Å². The number of likely N-dealkylation sites (tertiary alicyclic amines) is 1. The van der Waals surface area contributed by atoms with Crippen LogP contribution in [0.4, 0.5) is 18.0 Å². The maximum Gasteiger partial charge on any atom is 0.573 e. The number of halogens is 3. The zero-order valence-corrected chi connectivity index (χ0v) is 22.2. The second kappa shape index (κ2) is 9.99. The minimum absolute atomic E-state index is 0.0186. The number of benzene rings is 1. The molecule has 212 valence electrons. The molecule has 14 heteroatoms. The van der Waals surface area contributed by atoms with E-state index in [0.717, 1.165) is 6.07 Å². The van der Waals surface area contributed by atoms with E-state index < -0.39 is 17.7 Å². The van der Waals surface area contributed by atoms with Gasteiger partial charge in [0.2, 0.25) is 5.82 Å². The number of fused-ring (bicyclic) bond motifs is 1. The summed E-state index contributed by atoms with van der Waals surface area (Å²) in [5.74, 6) is -0.703. The molecule has 0 atom stereocenters. The number of nitrogens with zero attached hydrogens (tertiary/aromatic N) is 5. The van der Waals surface area contributed by atoms with E-state index >= 15 is 0 Å². The number of ether oxygens (including phenoxy) is 2. The largest absolute Gasteiger partial charge is 0.573 e. The van der Waals surface area contributed by atoms with Crippen LogP contribution in [0.5, 0.6) is 5.75 Å². The first-order valence-corrected chi connectivity index (χ1v) is 12.6. The van der Waals surface area contributed by atoms with Crippen molar-refractivity contribution in [1.82, 2.24) is 29.6 Å². The average molecular weight is 561 g/mol. The quantitative estimate of drug-likeness (QED) is 0.367. The Morgan fingerprint density at radius 2 is 1.85 bits per heavy atom. The van der Waals surface area contributed by atoms with Gasteiger partial charge in [0.05, 0.1) is 17.0 Å². The van der Waals surface area contributed by atoms with Crippen LogP contribution in [0.3, 0.4) is 0 Å². The number of hydrogen-bond acceptors (Lipinski definition) is 8. The van der Waals surface area contributed by atoms with Crippen molar-refractivity contribution in [1.29, 1.82) is 0 Å². The van der Waals surface area contributed by atoms with Crippen molar-refractivity contribution in [3.63, 3.8) is 0 Å². The number of carbonyl (C=O) groups excluding carboxylic acids is 1. The van der Waals surface area contributed by atoms with Crippen LogP contribution in [0.1, 0.15) is 50.9 Å². The van der Waals surface area contributed by atoms with Crippen molar-refractivity contribution in [2.45, 2.75) is 58.4 Å². The molecular weight excluding hydrogens is 533 g/mol. The summed E-state index contributed by atoms with van der Waals surface area (Å²) in [4.78, 5) is 33.9. The van der Waals surface area contributed by atoms with Gasteiger partial charge < -0.3 is 23.9 Å². The fraction of sp³-hybridized carbons (Fsp3) is 0.423. The molecule has 0 spiro atoms.